The van der Waals surface area contributed by atoms with Crippen molar-refractivity contribution in [1.29, 1.82) is 0 Å². The van der Waals surface area contributed by atoms with E-state index in [9.17, 15) is 4.79 Å². The molecule has 0 aliphatic heterocycles. The molecule has 4 heteroatoms. The first-order valence-corrected chi connectivity index (χ1v) is 8.74. The van der Waals surface area contributed by atoms with Gasteiger partial charge in [-0.3, -0.25) is 4.79 Å². The zero-order valence-corrected chi connectivity index (χ0v) is 15.1. The van der Waals surface area contributed by atoms with Gasteiger partial charge in [0.25, 0.3) is 5.91 Å². The van der Waals surface area contributed by atoms with Crippen molar-refractivity contribution in [1.82, 2.24) is 5.32 Å². The summed E-state index contributed by atoms with van der Waals surface area (Å²) in [4.78, 5) is 12.2. The summed E-state index contributed by atoms with van der Waals surface area (Å²) in [5.41, 5.74) is 1.19. The van der Waals surface area contributed by atoms with Crippen LogP contribution in [0.25, 0.3) is 10.8 Å². The van der Waals surface area contributed by atoms with Crippen LogP contribution in [0.4, 0.5) is 0 Å². The molecule has 1 atom stereocenters. The quantitative estimate of drug-likeness (QED) is 0.653. The zero-order chi connectivity index (χ0) is 18.4. The van der Waals surface area contributed by atoms with Gasteiger partial charge in [-0.05, 0) is 48.9 Å². The Morgan fingerprint density at radius 3 is 2.42 bits per heavy atom. The molecule has 0 aromatic heterocycles. The maximum absolute atomic E-state index is 12.2. The average molecular weight is 349 g/mol. The third-order valence-corrected chi connectivity index (χ3v) is 4.09. The molecule has 0 aliphatic carbocycles. The van der Waals surface area contributed by atoms with Crippen LogP contribution in [0.15, 0.2) is 66.7 Å². The maximum Gasteiger partial charge on any atom is 0.260 e. The number of benzene rings is 3. The van der Waals surface area contributed by atoms with Gasteiger partial charge in [0.05, 0.1) is 6.54 Å². The number of nitrogens with one attached hydrogen (secondary N) is 1. The molecule has 0 aliphatic rings. The summed E-state index contributed by atoms with van der Waals surface area (Å²) in [5.74, 6) is 1.32. The van der Waals surface area contributed by atoms with E-state index in [4.69, 9.17) is 9.47 Å². The molecule has 3 aromatic rings. The third-order valence-electron chi connectivity index (χ3n) is 4.09. The monoisotopic (exact) mass is 349 g/mol. The number of hydrogen-bond donors (Lipinski definition) is 1. The van der Waals surface area contributed by atoms with Gasteiger partial charge in [-0.25, -0.2) is 0 Å². The molecule has 1 amide bonds. The fourth-order valence-electron chi connectivity index (χ4n) is 2.62. The highest BCUT2D eigenvalue weighted by Gasteiger charge is 2.14. The van der Waals surface area contributed by atoms with E-state index in [1.54, 1.807) is 6.92 Å². The number of fused-ring (bicyclic) bond motifs is 1. The Labute approximate surface area is 153 Å². The summed E-state index contributed by atoms with van der Waals surface area (Å²) in [7, 11) is 0. The fraction of sp³-hybridized carbons (Fsp3) is 0.227. The van der Waals surface area contributed by atoms with Gasteiger partial charge in [-0.1, -0.05) is 48.0 Å². The summed E-state index contributed by atoms with van der Waals surface area (Å²) in [6.45, 7) is 4.61. The van der Waals surface area contributed by atoms with Crippen molar-refractivity contribution < 1.29 is 14.3 Å². The molecule has 4 nitrogen and oxygen atoms in total. The minimum absolute atomic E-state index is 0.161. The standard InChI is InChI=1S/C22H23NO3/c1-16-7-10-20(11-8-16)25-14-13-23-22(24)17(2)26-21-12-9-18-5-3-4-6-19(18)15-21/h3-12,15,17H,13-14H2,1-2H3,(H,23,24)/t17-/m0/s1. The smallest absolute Gasteiger partial charge is 0.260 e. The highest BCUT2D eigenvalue weighted by molar-refractivity contribution is 5.84. The van der Waals surface area contributed by atoms with Crippen LogP contribution in [0.5, 0.6) is 11.5 Å². The average Bonchev–Trinajstić information content (AvgIpc) is 2.66. The second kappa shape index (κ2) is 8.39. The highest BCUT2D eigenvalue weighted by atomic mass is 16.5. The van der Waals surface area contributed by atoms with Crippen molar-refractivity contribution in [3.63, 3.8) is 0 Å². The summed E-state index contributed by atoms with van der Waals surface area (Å²) < 4.78 is 11.4. The van der Waals surface area contributed by atoms with Gasteiger partial charge in [0.2, 0.25) is 0 Å². The van der Waals surface area contributed by atoms with E-state index >= 15 is 0 Å². The normalized spacial score (nSPS) is 11.8. The number of amides is 1. The Balaban J connectivity index is 1.45. The minimum atomic E-state index is -0.574. The molecule has 0 spiro atoms. The molecule has 0 fully saturated rings. The van der Waals surface area contributed by atoms with Gasteiger partial charge in [0, 0.05) is 0 Å². The summed E-state index contributed by atoms with van der Waals surface area (Å²) in [6, 6.07) is 21.7. The molecule has 0 saturated carbocycles. The Bertz CT molecular complexity index is 874. The SMILES string of the molecule is Cc1ccc(OCCNC(=O)[C@H](C)Oc2ccc3ccccc3c2)cc1. The molecule has 3 aromatic carbocycles. The van der Waals surface area contributed by atoms with Crippen LogP contribution in [0.3, 0.4) is 0 Å². The van der Waals surface area contributed by atoms with E-state index < -0.39 is 6.10 Å². The van der Waals surface area contributed by atoms with Crippen LogP contribution in [0.1, 0.15) is 12.5 Å². The largest absolute Gasteiger partial charge is 0.492 e. The van der Waals surface area contributed by atoms with E-state index in [1.165, 1.54) is 5.56 Å². The van der Waals surface area contributed by atoms with Crippen molar-refractivity contribution in [3.05, 3.63) is 72.3 Å². The van der Waals surface area contributed by atoms with Crippen LogP contribution in [-0.2, 0) is 4.79 Å². The minimum Gasteiger partial charge on any atom is -0.492 e. The van der Waals surface area contributed by atoms with Crippen molar-refractivity contribution >= 4 is 16.7 Å². The van der Waals surface area contributed by atoms with Crippen LogP contribution < -0.4 is 14.8 Å². The molecule has 1 N–H and O–H groups in total. The lowest BCUT2D eigenvalue weighted by Gasteiger charge is -2.15. The van der Waals surface area contributed by atoms with Crippen LogP contribution in [0, 0.1) is 6.92 Å². The summed E-state index contributed by atoms with van der Waals surface area (Å²) in [5, 5.41) is 5.06. The van der Waals surface area contributed by atoms with E-state index in [-0.39, 0.29) is 5.91 Å². The van der Waals surface area contributed by atoms with Crippen LogP contribution in [-0.4, -0.2) is 25.2 Å². The Hall–Kier alpha value is -3.01. The van der Waals surface area contributed by atoms with Gasteiger partial charge in [0.1, 0.15) is 18.1 Å². The molecule has 0 heterocycles. The molecule has 0 unspecified atom stereocenters. The molecule has 0 bridgehead atoms. The van der Waals surface area contributed by atoms with E-state index in [2.05, 4.69) is 5.32 Å². The number of carbonyl (C=O) groups is 1. The number of hydrogen-bond acceptors (Lipinski definition) is 3. The molecule has 134 valence electrons. The molecule has 3 rings (SSSR count). The molecular weight excluding hydrogens is 326 g/mol. The van der Waals surface area contributed by atoms with E-state index in [0.717, 1.165) is 16.5 Å². The van der Waals surface area contributed by atoms with Gasteiger partial charge in [-0.2, -0.15) is 0 Å². The Kier molecular flexibility index (Phi) is 5.74. The molecular formula is C22H23NO3. The summed E-state index contributed by atoms with van der Waals surface area (Å²) >= 11 is 0. The topological polar surface area (TPSA) is 47.6 Å². The lowest BCUT2D eigenvalue weighted by molar-refractivity contribution is -0.127. The predicted octanol–water partition coefficient (Wildman–Crippen LogP) is 4.11. The molecule has 0 radical (unpaired) electrons. The lowest BCUT2D eigenvalue weighted by Crippen LogP contribution is -2.38. The predicted molar refractivity (Wildman–Crippen MR) is 104 cm³/mol. The van der Waals surface area contributed by atoms with Gasteiger partial charge in [0.15, 0.2) is 6.10 Å². The van der Waals surface area contributed by atoms with E-state index in [1.807, 2.05) is 73.7 Å². The van der Waals surface area contributed by atoms with Crippen molar-refractivity contribution in [2.75, 3.05) is 13.2 Å². The van der Waals surface area contributed by atoms with Crippen molar-refractivity contribution in [3.8, 4) is 11.5 Å². The zero-order valence-electron chi connectivity index (χ0n) is 15.1. The number of carbonyl (C=O) groups excluding carboxylic acids is 1. The Morgan fingerprint density at radius 1 is 0.962 bits per heavy atom. The highest BCUT2D eigenvalue weighted by Crippen LogP contribution is 2.21. The maximum atomic E-state index is 12.2. The fourth-order valence-corrected chi connectivity index (χ4v) is 2.62. The van der Waals surface area contributed by atoms with Crippen molar-refractivity contribution in [2.24, 2.45) is 0 Å². The number of ether oxygens (including phenoxy) is 2. The number of aryl methyl sites for hydroxylation is 1. The van der Waals surface area contributed by atoms with Gasteiger partial charge in [-0.15, -0.1) is 0 Å². The molecule has 26 heavy (non-hydrogen) atoms. The van der Waals surface area contributed by atoms with Gasteiger partial charge < -0.3 is 14.8 Å². The molecule has 0 saturated heterocycles. The number of rotatable bonds is 7. The first kappa shape index (κ1) is 17.8. The summed E-state index contributed by atoms with van der Waals surface area (Å²) in [6.07, 6.45) is -0.574. The van der Waals surface area contributed by atoms with Gasteiger partial charge >= 0.3 is 0 Å². The first-order chi connectivity index (χ1) is 12.6. The van der Waals surface area contributed by atoms with Crippen LogP contribution >= 0.6 is 0 Å². The lowest BCUT2D eigenvalue weighted by atomic mass is 10.1. The van der Waals surface area contributed by atoms with Crippen LogP contribution in [0.2, 0.25) is 0 Å². The van der Waals surface area contributed by atoms with E-state index in [0.29, 0.717) is 18.9 Å². The first-order valence-electron chi connectivity index (χ1n) is 8.74. The third kappa shape index (κ3) is 4.76. The Morgan fingerprint density at radius 2 is 1.65 bits per heavy atom. The van der Waals surface area contributed by atoms with Crippen molar-refractivity contribution in [2.45, 2.75) is 20.0 Å². The second-order valence-electron chi connectivity index (χ2n) is 6.22. The second-order valence-corrected chi connectivity index (χ2v) is 6.22.